The van der Waals surface area contributed by atoms with E-state index in [1.54, 1.807) is 12.1 Å². The van der Waals surface area contributed by atoms with Crippen LogP contribution in [0, 0.1) is 6.92 Å². The number of benzene rings is 1. The molecular weight excluding hydrogens is 312 g/mol. The van der Waals surface area contributed by atoms with E-state index < -0.39 is 0 Å². The van der Waals surface area contributed by atoms with Gasteiger partial charge in [0.1, 0.15) is 0 Å². The Morgan fingerprint density at radius 1 is 1.35 bits per heavy atom. The molecule has 0 spiro atoms. The van der Waals surface area contributed by atoms with E-state index in [1.807, 2.05) is 30.9 Å². The summed E-state index contributed by atoms with van der Waals surface area (Å²) in [6.07, 6.45) is 4.56. The summed E-state index contributed by atoms with van der Waals surface area (Å²) in [5, 5.41) is 9.42. The van der Waals surface area contributed by atoms with Crippen molar-refractivity contribution in [2.24, 2.45) is 0 Å². The van der Waals surface area contributed by atoms with Gasteiger partial charge >= 0.3 is 0 Å². The van der Waals surface area contributed by atoms with Gasteiger partial charge in [-0.15, -0.1) is 5.10 Å². The number of aryl methyl sites for hydroxylation is 1. The van der Waals surface area contributed by atoms with Crippen molar-refractivity contribution in [3.63, 3.8) is 0 Å². The number of rotatable bonds is 4. The molecule has 1 aromatic heterocycles. The smallest absolute Gasteiger partial charge is 0.276 e. The van der Waals surface area contributed by atoms with Crippen LogP contribution in [-0.4, -0.2) is 38.4 Å². The molecule has 0 aliphatic heterocycles. The maximum absolute atomic E-state index is 12.9. The van der Waals surface area contributed by atoms with Crippen LogP contribution < -0.4 is 0 Å². The van der Waals surface area contributed by atoms with E-state index >= 15 is 0 Å². The number of amides is 1. The van der Waals surface area contributed by atoms with Crippen molar-refractivity contribution in [1.29, 1.82) is 0 Å². The lowest BCUT2D eigenvalue weighted by Crippen LogP contribution is -2.39. The Bertz CT molecular complexity index is 706. The molecule has 0 N–H and O–H groups in total. The Balaban J connectivity index is 1.89. The third-order valence-electron chi connectivity index (χ3n) is 4.39. The molecule has 23 heavy (non-hydrogen) atoms. The topological polar surface area (TPSA) is 51.0 Å². The van der Waals surface area contributed by atoms with Crippen molar-refractivity contribution in [2.75, 3.05) is 6.54 Å². The van der Waals surface area contributed by atoms with Crippen molar-refractivity contribution < 1.29 is 4.79 Å². The van der Waals surface area contributed by atoms with Crippen LogP contribution in [0.5, 0.6) is 0 Å². The van der Waals surface area contributed by atoms with E-state index in [0.717, 1.165) is 18.5 Å². The summed E-state index contributed by atoms with van der Waals surface area (Å²) in [6, 6.07) is 7.63. The highest BCUT2D eigenvalue weighted by molar-refractivity contribution is 6.30. The minimum Gasteiger partial charge on any atom is -0.334 e. The Morgan fingerprint density at radius 3 is 2.74 bits per heavy atom. The van der Waals surface area contributed by atoms with Gasteiger partial charge in [0.15, 0.2) is 5.69 Å². The van der Waals surface area contributed by atoms with E-state index in [4.69, 9.17) is 11.6 Å². The Labute approximate surface area is 141 Å². The molecule has 0 atom stereocenters. The number of carbonyl (C=O) groups excluding carboxylic acids is 1. The van der Waals surface area contributed by atoms with Crippen LogP contribution in [0.3, 0.4) is 0 Å². The fourth-order valence-electron chi connectivity index (χ4n) is 3.21. The molecule has 1 heterocycles. The van der Waals surface area contributed by atoms with Gasteiger partial charge < -0.3 is 4.90 Å². The highest BCUT2D eigenvalue weighted by atomic mass is 35.5. The fraction of sp³-hybridized carbons (Fsp3) is 0.471. The lowest BCUT2D eigenvalue weighted by Gasteiger charge is -2.26. The SMILES string of the molecule is CCN(C(=O)c1nn(-c2cccc(Cl)c2)nc1C)C1CCCC1. The second kappa shape index (κ2) is 6.71. The molecule has 0 saturated heterocycles. The van der Waals surface area contributed by atoms with Crippen LogP contribution in [0.4, 0.5) is 0 Å². The quantitative estimate of drug-likeness (QED) is 0.859. The molecule has 1 amide bonds. The van der Waals surface area contributed by atoms with E-state index in [9.17, 15) is 4.79 Å². The van der Waals surface area contributed by atoms with Crippen LogP contribution in [0.25, 0.3) is 5.69 Å². The van der Waals surface area contributed by atoms with Crippen LogP contribution in [0.2, 0.25) is 5.02 Å². The third-order valence-corrected chi connectivity index (χ3v) is 4.63. The van der Waals surface area contributed by atoms with Gasteiger partial charge in [-0.05, 0) is 44.9 Å². The molecule has 122 valence electrons. The van der Waals surface area contributed by atoms with Crippen LogP contribution in [0.15, 0.2) is 24.3 Å². The molecule has 0 unspecified atom stereocenters. The summed E-state index contributed by atoms with van der Waals surface area (Å²) in [5.41, 5.74) is 1.83. The number of hydrogen-bond acceptors (Lipinski definition) is 3. The van der Waals surface area contributed by atoms with Crippen molar-refractivity contribution >= 4 is 17.5 Å². The van der Waals surface area contributed by atoms with E-state index in [0.29, 0.717) is 29.0 Å². The normalized spacial score (nSPS) is 15.1. The number of nitrogens with zero attached hydrogens (tertiary/aromatic N) is 4. The maximum Gasteiger partial charge on any atom is 0.276 e. The first-order chi connectivity index (χ1) is 11.1. The van der Waals surface area contributed by atoms with Crippen LogP contribution in [0.1, 0.15) is 48.8 Å². The Morgan fingerprint density at radius 2 is 2.09 bits per heavy atom. The highest BCUT2D eigenvalue weighted by Crippen LogP contribution is 2.25. The summed E-state index contributed by atoms with van der Waals surface area (Å²) in [4.78, 5) is 16.3. The standard InChI is InChI=1S/C17H21ClN4O/c1-3-21(14-8-4-5-9-14)17(23)16-12(2)19-22(20-16)15-10-6-7-13(18)11-15/h6-7,10-11,14H,3-5,8-9H2,1-2H3. The average molecular weight is 333 g/mol. The predicted molar refractivity (Wildman–Crippen MR) is 90.1 cm³/mol. The van der Waals surface area contributed by atoms with Crippen molar-refractivity contribution in [1.82, 2.24) is 19.9 Å². The van der Waals surface area contributed by atoms with Crippen LogP contribution >= 0.6 is 11.6 Å². The molecule has 0 radical (unpaired) electrons. The van der Waals surface area contributed by atoms with Gasteiger partial charge in [0, 0.05) is 17.6 Å². The van der Waals surface area contributed by atoms with Gasteiger partial charge in [-0.3, -0.25) is 4.79 Å². The summed E-state index contributed by atoms with van der Waals surface area (Å²) in [6.45, 7) is 4.55. The molecule has 6 heteroatoms. The molecule has 1 fully saturated rings. The molecule has 1 saturated carbocycles. The van der Waals surface area contributed by atoms with Crippen molar-refractivity contribution in [3.05, 3.63) is 40.7 Å². The molecular formula is C17H21ClN4O. The Hall–Kier alpha value is -1.88. The zero-order chi connectivity index (χ0) is 16.4. The lowest BCUT2D eigenvalue weighted by atomic mass is 10.2. The summed E-state index contributed by atoms with van der Waals surface area (Å²) in [5.74, 6) is -0.0230. The summed E-state index contributed by atoms with van der Waals surface area (Å²) >= 11 is 6.02. The second-order valence-electron chi connectivity index (χ2n) is 5.93. The van der Waals surface area contributed by atoms with E-state index in [-0.39, 0.29) is 5.91 Å². The first-order valence-electron chi connectivity index (χ1n) is 8.11. The Kier molecular flexibility index (Phi) is 4.66. The number of halogens is 1. The predicted octanol–water partition coefficient (Wildman–Crippen LogP) is 3.63. The zero-order valence-corrected chi connectivity index (χ0v) is 14.3. The third kappa shape index (κ3) is 3.24. The average Bonchev–Trinajstić information content (AvgIpc) is 3.18. The van der Waals surface area contributed by atoms with Gasteiger partial charge in [-0.2, -0.15) is 9.90 Å². The molecule has 1 aliphatic rings. The number of carbonyl (C=O) groups is 1. The largest absolute Gasteiger partial charge is 0.334 e. The minimum absolute atomic E-state index is 0.0230. The van der Waals surface area contributed by atoms with Crippen molar-refractivity contribution in [3.8, 4) is 5.69 Å². The van der Waals surface area contributed by atoms with Gasteiger partial charge in [-0.1, -0.05) is 30.5 Å². The van der Waals surface area contributed by atoms with Gasteiger partial charge in [0.25, 0.3) is 5.91 Å². The molecule has 2 aromatic rings. The second-order valence-corrected chi connectivity index (χ2v) is 6.37. The van der Waals surface area contributed by atoms with Crippen molar-refractivity contribution in [2.45, 2.75) is 45.6 Å². The number of hydrogen-bond donors (Lipinski definition) is 0. The summed E-state index contributed by atoms with van der Waals surface area (Å²) < 4.78 is 0. The molecule has 3 rings (SSSR count). The molecule has 0 bridgehead atoms. The summed E-state index contributed by atoms with van der Waals surface area (Å²) in [7, 11) is 0. The maximum atomic E-state index is 12.9. The minimum atomic E-state index is -0.0230. The van der Waals surface area contributed by atoms with Crippen LogP contribution in [-0.2, 0) is 0 Å². The monoisotopic (exact) mass is 332 g/mol. The molecule has 1 aliphatic carbocycles. The van der Waals surface area contributed by atoms with E-state index in [1.165, 1.54) is 17.6 Å². The highest BCUT2D eigenvalue weighted by Gasteiger charge is 2.29. The first kappa shape index (κ1) is 16.0. The molecule has 5 nitrogen and oxygen atoms in total. The van der Waals surface area contributed by atoms with E-state index in [2.05, 4.69) is 10.2 Å². The fourth-order valence-corrected chi connectivity index (χ4v) is 3.40. The van der Waals surface area contributed by atoms with Gasteiger partial charge in [0.2, 0.25) is 0 Å². The molecule has 1 aromatic carbocycles. The first-order valence-corrected chi connectivity index (χ1v) is 8.48. The lowest BCUT2D eigenvalue weighted by molar-refractivity contribution is 0.0686. The number of aromatic nitrogens is 3. The van der Waals surface area contributed by atoms with Gasteiger partial charge in [-0.25, -0.2) is 0 Å². The zero-order valence-electron chi connectivity index (χ0n) is 13.5. The van der Waals surface area contributed by atoms with Gasteiger partial charge in [0.05, 0.1) is 11.4 Å².